The first-order valence-electron chi connectivity index (χ1n) is 8.88. The Morgan fingerprint density at radius 1 is 1.19 bits per heavy atom. The molecule has 0 saturated carbocycles. The molecule has 1 atom stereocenters. The average molecular weight is 313 g/mol. The van der Waals surface area contributed by atoms with Gasteiger partial charge in [0.15, 0.2) is 0 Å². The quantitative estimate of drug-likeness (QED) is 0.796. The van der Waals surface area contributed by atoms with Crippen LogP contribution in [-0.2, 0) is 4.74 Å². The van der Waals surface area contributed by atoms with E-state index in [9.17, 15) is 0 Å². The summed E-state index contributed by atoms with van der Waals surface area (Å²) in [5.41, 5.74) is 0. The molecule has 3 aliphatic rings. The van der Waals surface area contributed by atoms with Crippen molar-refractivity contribution >= 4 is 11.8 Å². The topological polar surface area (TPSA) is 15.7 Å². The highest BCUT2D eigenvalue weighted by atomic mass is 32.2. The smallest absolute Gasteiger partial charge is 0.0506 e. The molecule has 0 aliphatic carbocycles. The van der Waals surface area contributed by atoms with E-state index in [2.05, 4.69) is 28.6 Å². The second-order valence-corrected chi connectivity index (χ2v) is 8.96. The van der Waals surface area contributed by atoms with Gasteiger partial charge in [-0.3, -0.25) is 0 Å². The zero-order valence-electron chi connectivity index (χ0n) is 13.7. The van der Waals surface area contributed by atoms with Gasteiger partial charge in [-0.2, -0.15) is 11.8 Å². The van der Waals surface area contributed by atoms with Crippen LogP contribution in [-0.4, -0.2) is 73.3 Å². The molecule has 0 aromatic heterocycles. The summed E-state index contributed by atoms with van der Waals surface area (Å²) in [6.07, 6.45) is 8.09. The van der Waals surface area contributed by atoms with Gasteiger partial charge in [0, 0.05) is 31.0 Å². The highest BCUT2D eigenvalue weighted by Crippen LogP contribution is 2.47. The molecule has 21 heavy (non-hydrogen) atoms. The van der Waals surface area contributed by atoms with Gasteiger partial charge in [0.05, 0.1) is 6.61 Å². The molecule has 0 amide bonds. The Morgan fingerprint density at radius 3 is 2.76 bits per heavy atom. The molecule has 0 bridgehead atoms. The summed E-state index contributed by atoms with van der Waals surface area (Å²) < 4.78 is 6.63. The number of hydrogen-bond acceptors (Lipinski definition) is 4. The Balaban J connectivity index is 1.38. The summed E-state index contributed by atoms with van der Waals surface area (Å²) in [6.45, 7) is 8.40. The lowest BCUT2D eigenvalue weighted by Crippen LogP contribution is -2.63. The van der Waals surface area contributed by atoms with Crippen LogP contribution in [0.4, 0.5) is 0 Å². The fraction of sp³-hybridized carbons (Fsp3) is 1.00. The van der Waals surface area contributed by atoms with Crippen molar-refractivity contribution in [2.45, 2.75) is 43.3 Å². The summed E-state index contributed by atoms with van der Waals surface area (Å²) in [4.78, 5) is 5.19. The third-order valence-corrected chi connectivity index (χ3v) is 6.83. The molecule has 122 valence electrons. The van der Waals surface area contributed by atoms with Crippen LogP contribution in [0.2, 0.25) is 0 Å². The Kier molecular flexibility index (Phi) is 5.88. The largest absolute Gasteiger partial charge is 0.381 e. The van der Waals surface area contributed by atoms with Gasteiger partial charge in [0.25, 0.3) is 0 Å². The molecule has 3 aliphatic heterocycles. The van der Waals surface area contributed by atoms with Crippen molar-refractivity contribution in [2.75, 3.05) is 58.7 Å². The summed E-state index contributed by atoms with van der Waals surface area (Å²) in [5.74, 6) is 2.12. The fourth-order valence-electron chi connectivity index (χ4n) is 3.88. The van der Waals surface area contributed by atoms with Gasteiger partial charge in [-0.1, -0.05) is 12.8 Å². The summed E-state index contributed by atoms with van der Waals surface area (Å²) in [5, 5.41) is 0. The zero-order chi connectivity index (χ0) is 14.5. The van der Waals surface area contributed by atoms with Crippen molar-refractivity contribution in [3.63, 3.8) is 0 Å². The van der Waals surface area contributed by atoms with Crippen molar-refractivity contribution in [1.82, 2.24) is 9.80 Å². The van der Waals surface area contributed by atoms with Crippen LogP contribution in [0, 0.1) is 5.92 Å². The maximum absolute atomic E-state index is 5.93. The Hall–Kier alpha value is 0.230. The lowest BCUT2D eigenvalue weighted by atomic mass is 9.93. The monoisotopic (exact) mass is 312 g/mol. The average Bonchev–Trinajstić information content (AvgIpc) is 2.41. The van der Waals surface area contributed by atoms with Crippen molar-refractivity contribution in [2.24, 2.45) is 5.92 Å². The molecule has 3 rings (SSSR count). The molecule has 3 nitrogen and oxygen atoms in total. The molecule has 3 heterocycles. The van der Waals surface area contributed by atoms with E-state index in [-0.39, 0.29) is 0 Å². The highest BCUT2D eigenvalue weighted by Gasteiger charge is 2.47. The predicted molar refractivity (Wildman–Crippen MR) is 91.1 cm³/mol. The molecule has 3 saturated heterocycles. The van der Waals surface area contributed by atoms with E-state index in [1.165, 1.54) is 77.0 Å². The molecule has 0 radical (unpaired) electrons. The molecule has 0 unspecified atom stereocenters. The molecular formula is C17H32N2OS. The number of likely N-dealkylation sites (tertiary alicyclic amines) is 1. The molecular weight excluding hydrogens is 280 g/mol. The first-order chi connectivity index (χ1) is 10.3. The van der Waals surface area contributed by atoms with Gasteiger partial charge in [-0.05, 0) is 57.5 Å². The Bertz CT molecular complexity index is 314. The maximum Gasteiger partial charge on any atom is 0.0506 e. The molecule has 0 N–H and O–H groups in total. The van der Waals surface area contributed by atoms with Gasteiger partial charge < -0.3 is 14.5 Å². The first-order valence-corrected chi connectivity index (χ1v) is 9.87. The van der Waals surface area contributed by atoms with E-state index < -0.39 is 0 Å². The van der Waals surface area contributed by atoms with Crippen molar-refractivity contribution < 1.29 is 4.74 Å². The fourth-order valence-corrected chi connectivity index (χ4v) is 5.21. The van der Waals surface area contributed by atoms with Crippen LogP contribution < -0.4 is 0 Å². The number of rotatable bonds is 3. The number of thioether (sulfide) groups is 1. The summed E-state index contributed by atoms with van der Waals surface area (Å²) in [7, 11) is 2.29. The first kappa shape index (κ1) is 16.1. The summed E-state index contributed by atoms with van der Waals surface area (Å²) >= 11 is 2.20. The van der Waals surface area contributed by atoms with Crippen molar-refractivity contribution in [3.05, 3.63) is 0 Å². The summed E-state index contributed by atoms with van der Waals surface area (Å²) in [6, 6.07) is 0. The third-order valence-electron chi connectivity index (χ3n) is 5.34. The van der Waals surface area contributed by atoms with E-state index >= 15 is 0 Å². The Labute approximate surface area is 134 Å². The van der Waals surface area contributed by atoms with Crippen molar-refractivity contribution in [3.8, 4) is 0 Å². The maximum atomic E-state index is 5.93. The lowest BCUT2D eigenvalue weighted by molar-refractivity contribution is 0.0626. The van der Waals surface area contributed by atoms with Gasteiger partial charge in [0.1, 0.15) is 0 Å². The van der Waals surface area contributed by atoms with E-state index in [0.717, 1.165) is 19.1 Å². The van der Waals surface area contributed by atoms with Crippen LogP contribution in [0.25, 0.3) is 0 Å². The SMILES string of the molecule is CN1CCCCCCOC[C@@H](CCN2CC3(CCS3)C2)C1. The van der Waals surface area contributed by atoms with Crippen LogP contribution in [0.1, 0.15) is 38.5 Å². The zero-order valence-corrected chi connectivity index (χ0v) is 14.5. The van der Waals surface area contributed by atoms with Gasteiger partial charge in [-0.25, -0.2) is 0 Å². The minimum Gasteiger partial charge on any atom is -0.381 e. The third kappa shape index (κ3) is 4.60. The second kappa shape index (κ2) is 7.67. The van der Waals surface area contributed by atoms with Gasteiger partial charge >= 0.3 is 0 Å². The van der Waals surface area contributed by atoms with Crippen LogP contribution >= 0.6 is 11.8 Å². The minimum atomic E-state index is 0.696. The standard InChI is InChI=1S/C17H32N2OS/c1-18-8-4-2-3-5-10-20-13-16(12-18)6-9-19-14-17(15-19)7-11-21-17/h16H,2-15H2,1H3/t16-/m0/s1. The number of ether oxygens (including phenoxy) is 1. The normalized spacial score (nSPS) is 32.1. The molecule has 0 aromatic rings. The minimum absolute atomic E-state index is 0.696. The number of nitrogens with zero attached hydrogens (tertiary/aromatic N) is 2. The van der Waals surface area contributed by atoms with E-state index in [0.29, 0.717) is 4.75 Å². The van der Waals surface area contributed by atoms with Crippen LogP contribution in [0.15, 0.2) is 0 Å². The lowest BCUT2D eigenvalue weighted by Gasteiger charge is -2.55. The van der Waals surface area contributed by atoms with Gasteiger partial charge in [-0.15, -0.1) is 0 Å². The van der Waals surface area contributed by atoms with E-state index in [1.807, 2.05) is 0 Å². The van der Waals surface area contributed by atoms with Crippen LogP contribution in [0.3, 0.4) is 0 Å². The molecule has 3 fully saturated rings. The molecule has 1 spiro atoms. The van der Waals surface area contributed by atoms with E-state index in [4.69, 9.17) is 4.74 Å². The Morgan fingerprint density at radius 2 is 2.00 bits per heavy atom. The molecule has 0 aromatic carbocycles. The number of hydrogen-bond donors (Lipinski definition) is 0. The van der Waals surface area contributed by atoms with Crippen LogP contribution in [0.5, 0.6) is 0 Å². The predicted octanol–water partition coefficient (Wildman–Crippen LogP) is 2.71. The van der Waals surface area contributed by atoms with Crippen molar-refractivity contribution in [1.29, 1.82) is 0 Å². The van der Waals surface area contributed by atoms with Gasteiger partial charge in [0.2, 0.25) is 0 Å². The molecule has 4 heteroatoms. The van der Waals surface area contributed by atoms with E-state index in [1.54, 1.807) is 0 Å². The highest BCUT2D eigenvalue weighted by molar-refractivity contribution is 8.02. The second-order valence-electron chi connectivity index (χ2n) is 7.40.